The highest BCUT2D eigenvalue weighted by molar-refractivity contribution is 6.08. The van der Waals surface area contributed by atoms with Crippen molar-refractivity contribution in [2.75, 3.05) is 0 Å². The smallest absolute Gasteiger partial charge is 0.297 e. The van der Waals surface area contributed by atoms with Crippen LogP contribution in [0.5, 0.6) is 0 Å². The molecule has 6 heteroatoms. The molecule has 3 aromatic heterocycles. The Morgan fingerprint density at radius 2 is 1.45 bits per heavy atom. The zero-order valence-corrected chi connectivity index (χ0v) is 16.6. The van der Waals surface area contributed by atoms with Gasteiger partial charge in [-0.25, -0.2) is 4.98 Å². The van der Waals surface area contributed by atoms with Crippen molar-refractivity contribution >= 4 is 43.9 Å². The van der Waals surface area contributed by atoms with Gasteiger partial charge >= 0.3 is 0 Å². The van der Waals surface area contributed by atoms with Crippen molar-refractivity contribution in [3.8, 4) is 0 Å². The summed E-state index contributed by atoms with van der Waals surface area (Å²) in [6, 6.07) is 23.8. The van der Waals surface area contributed by atoms with Crippen LogP contribution in [0.25, 0.3) is 43.9 Å². The van der Waals surface area contributed by atoms with Crippen molar-refractivity contribution in [3.63, 3.8) is 0 Å². The number of furan rings is 1. The van der Waals surface area contributed by atoms with Gasteiger partial charge < -0.3 is 14.1 Å². The zero-order chi connectivity index (χ0) is 20.9. The third-order valence-electron chi connectivity index (χ3n) is 5.83. The summed E-state index contributed by atoms with van der Waals surface area (Å²) in [5, 5.41) is 14.0. The molecule has 6 aromatic rings. The molecule has 1 unspecified atom stereocenters. The lowest BCUT2D eigenvalue weighted by Crippen LogP contribution is -2.29. The van der Waals surface area contributed by atoms with Gasteiger partial charge in [0.25, 0.3) is 5.56 Å². The molecule has 0 aliphatic rings. The maximum atomic E-state index is 13.0. The fraction of sp³-hybridized carbons (Fsp3) is 0.120. The van der Waals surface area contributed by atoms with Gasteiger partial charge in [0.1, 0.15) is 11.1 Å². The van der Waals surface area contributed by atoms with E-state index in [9.17, 15) is 9.90 Å². The number of nitrogens with zero attached hydrogens (tertiary/aromatic N) is 3. The SMILES string of the molecule is O=c1c2oc3ccccc3c2ncn1CC(O)Cn1c2ccccc2c2ccccc21. The van der Waals surface area contributed by atoms with Crippen LogP contribution >= 0.6 is 0 Å². The van der Waals surface area contributed by atoms with E-state index < -0.39 is 6.10 Å². The highest BCUT2D eigenvalue weighted by atomic mass is 16.3. The first-order valence-corrected chi connectivity index (χ1v) is 10.2. The Labute approximate surface area is 176 Å². The quantitative estimate of drug-likeness (QED) is 0.471. The second kappa shape index (κ2) is 6.82. The molecule has 3 heterocycles. The zero-order valence-electron chi connectivity index (χ0n) is 16.6. The van der Waals surface area contributed by atoms with E-state index in [0.29, 0.717) is 17.6 Å². The highest BCUT2D eigenvalue weighted by Gasteiger charge is 2.17. The van der Waals surface area contributed by atoms with Gasteiger partial charge in [0, 0.05) is 27.2 Å². The number of aliphatic hydroxyl groups excluding tert-OH is 1. The van der Waals surface area contributed by atoms with Crippen molar-refractivity contribution in [2.45, 2.75) is 19.2 Å². The third kappa shape index (κ3) is 2.76. The average molecular weight is 409 g/mol. The molecule has 3 aromatic carbocycles. The number of rotatable bonds is 4. The number of aliphatic hydroxyl groups is 1. The summed E-state index contributed by atoms with van der Waals surface area (Å²) in [7, 11) is 0. The molecular weight excluding hydrogens is 390 g/mol. The topological polar surface area (TPSA) is 73.2 Å². The number of para-hydroxylation sites is 3. The van der Waals surface area contributed by atoms with Crippen LogP contribution in [0.15, 0.2) is 88.3 Å². The first-order chi connectivity index (χ1) is 15.2. The third-order valence-corrected chi connectivity index (χ3v) is 5.83. The summed E-state index contributed by atoms with van der Waals surface area (Å²) in [5.41, 5.74) is 3.22. The Hall–Kier alpha value is -3.90. The molecule has 6 rings (SSSR count). The van der Waals surface area contributed by atoms with Crippen molar-refractivity contribution < 1.29 is 9.52 Å². The number of fused-ring (bicyclic) bond motifs is 6. The minimum Gasteiger partial charge on any atom is -0.448 e. The van der Waals surface area contributed by atoms with Crippen LogP contribution in [-0.2, 0) is 13.1 Å². The second-order valence-electron chi connectivity index (χ2n) is 7.78. The molecule has 0 aliphatic heterocycles. The Bertz CT molecular complexity index is 1590. The maximum Gasteiger partial charge on any atom is 0.297 e. The van der Waals surface area contributed by atoms with Gasteiger partial charge in [-0.3, -0.25) is 9.36 Å². The number of hydrogen-bond donors (Lipinski definition) is 1. The molecule has 0 aliphatic carbocycles. The van der Waals surface area contributed by atoms with Gasteiger partial charge in [-0.15, -0.1) is 0 Å². The summed E-state index contributed by atoms with van der Waals surface area (Å²) in [4.78, 5) is 17.4. The second-order valence-corrected chi connectivity index (χ2v) is 7.78. The average Bonchev–Trinajstić information content (AvgIpc) is 3.33. The normalized spacial score (nSPS) is 12.9. The fourth-order valence-corrected chi connectivity index (χ4v) is 4.44. The molecule has 0 saturated carbocycles. The van der Waals surface area contributed by atoms with E-state index in [2.05, 4.69) is 33.8 Å². The summed E-state index contributed by atoms with van der Waals surface area (Å²) < 4.78 is 9.27. The van der Waals surface area contributed by atoms with Crippen LogP contribution in [-0.4, -0.2) is 25.3 Å². The summed E-state index contributed by atoms with van der Waals surface area (Å²) in [5.74, 6) is 0. The summed E-state index contributed by atoms with van der Waals surface area (Å²) in [6.07, 6.45) is 0.711. The van der Waals surface area contributed by atoms with E-state index in [1.807, 2.05) is 48.5 Å². The summed E-state index contributed by atoms with van der Waals surface area (Å²) in [6.45, 7) is 0.484. The number of hydrogen-bond acceptors (Lipinski definition) is 4. The fourth-order valence-electron chi connectivity index (χ4n) is 4.44. The monoisotopic (exact) mass is 409 g/mol. The van der Waals surface area contributed by atoms with Gasteiger partial charge in [-0.2, -0.15) is 0 Å². The maximum absolute atomic E-state index is 13.0. The highest BCUT2D eigenvalue weighted by Crippen LogP contribution is 2.29. The molecule has 1 N–H and O–H groups in total. The molecular formula is C25H19N3O3. The van der Waals surface area contributed by atoms with Crippen LogP contribution in [0, 0.1) is 0 Å². The molecule has 0 spiro atoms. The van der Waals surface area contributed by atoms with Gasteiger partial charge in [0.15, 0.2) is 0 Å². The van der Waals surface area contributed by atoms with Gasteiger partial charge in [0.05, 0.1) is 25.5 Å². The van der Waals surface area contributed by atoms with Crippen molar-refractivity contribution in [1.82, 2.24) is 14.1 Å². The first-order valence-electron chi connectivity index (χ1n) is 10.2. The molecule has 0 bridgehead atoms. The Balaban J connectivity index is 1.38. The lowest BCUT2D eigenvalue weighted by molar-refractivity contribution is 0.135. The molecule has 6 nitrogen and oxygen atoms in total. The molecule has 0 radical (unpaired) electrons. The van der Waals surface area contributed by atoms with Crippen molar-refractivity contribution in [3.05, 3.63) is 89.5 Å². The van der Waals surface area contributed by atoms with E-state index >= 15 is 0 Å². The van der Waals surface area contributed by atoms with Gasteiger partial charge in [0.2, 0.25) is 5.58 Å². The lowest BCUT2D eigenvalue weighted by Gasteiger charge is -2.15. The molecule has 31 heavy (non-hydrogen) atoms. The number of benzene rings is 3. The van der Waals surface area contributed by atoms with E-state index in [-0.39, 0.29) is 17.7 Å². The summed E-state index contributed by atoms with van der Waals surface area (Å²) >= 11 is 0. The molecule has 0 saturated heterocycles. The van der Waals surface area contributed by atoms with E-state index in [0.717, 1.165) is 27.2 Å². The van der Waals surface area contributed by atoms with Gasteiger partial charge in [-0.05, 0) is 24.3 Å². The number of aromatic nitrogens is 3. The molecule has 0 fully saturated rings. The van der Waals surface area contributed by atoms with E-state index in [4.69, 9.17) is 4.42 Å². The first kappa shape index (κ1) is 17.9. The van der Waals surface area contributed by atoms with Crippen LogP contribution in [0.4, 0.5) is 0 Å². The lowest BCUT2D eigenvalue weighted by atomic mass is 10.2. The van der Waals surface area contributed by atoms with Crippen molar-refractivity contribution in [2.24, 2.45) is 0 Å². The molecule has 152 valence electrons. The van der Waals surface area contributed by atoms with Crippen LogP contribution in [0.1, 0.15) is 0 Å². The van der Waals surface area contributed by atoms with Crippen LogP contribution < -0.4 is 5.56 Å². The minimum atomic E-state index is -0.777. The van der Waals surface area contributed by atoms with E-state index in [1.165, 1.54) is 10.9 Å². The Morgan fingerprint density at radius 1 is 0.839 bits per heavy atom. The Kier molecular flexibility index (Phi) is 3.94. The largest absolute Gasteiger partial charge is 0.448 e. The Morgan fingerprint density at radius 3 is 2.16 bits per heavy atom. The molecule has 1 atom stereocenters. The van der Waals surface area contributed by atoms with Crippen LogP contribution in [0.3, 0.4) is 0 Å². The minimum absolute atomic E-state index is 0.125. The van der Waals surface area contributed by atoms with Crippen molar-refractivity contribution in [1.29, 1.82) is 0 Å². The van der Waals surface area contributed by atoms with E-state index in [1.54, 1.807) is 0 Å². The van der Waals surface area contributed by atoms with Gasteiger partial charge in [-0.1, -0.05) is 48.5 Å². The predicted octanol–water partition coefficient (Wildman–Crippen LogP) is 4.31. The molecule has 0 amide bonds. The standard InChI is InChI=1S/C25H19N3O3/c29-16(14-28-20-10-4-1-7-17(20)18-8-2-5-11-21(18)28)13-27-15-26-23-19-9-3-6-12-22(19)31-24(23)25(27)30/h1-12,15-16,29H,13-14H2. The predicted molar refractivity (Wildman–Crippen MR) is 121 cm³/mol. The van der Waals surface area contributed by atoms with Crippen LogP contribution in [0.2, 0.25) is 0 Å².